The Morgan fingerprint density at radius 2 is 1.94 bits per heavy atom. The number of para-hydroxylation sites is 1. The Morgan fingerprint density at radius 3 is 2.59 bits per heavy atom. The zero-order valence-electron chi connectivity index (χ0n) is 8.98. The Kier molecular flexibility index (Phi) is 3.69. The van der Waals surface area contributed by atoms with Gasteiger partial charge in [0.1, 0.15) is 0 Å². The van der Waals surface area contributed by atoms with Crippen LogP contribution in [-0.4, -0.2) is 11.1 Å². The van der Waals surface area contributed by atoms with Gasteiger partial charge in [-0.25, -0.2) is 0 Å². The monoisotopic (exact) mass is 245 g/mol. The summed E-state index contributed by atoms with van der Waals surface area (Å²) in [5, 5.41) is 12.2. The van der Waals surface area contributed by atoms with Crippen LogP contribution in [0.3, 0.4) is 0 Å². The van der Waals surface area contributed by atoms with E-state index in [1.807, 2.05) is 23.6 Å². The van der Waals surface area contributed by atoms with Gasteiger partial charge in [-0.05, 0) is 29.7 Å². The smallest absolute Gasteiger partial charge is 0.274 e. The largest absolute Gasteiger partial charge is 0.281 e. The highest BCUT2D eigenvalue weighted by Crippen LogP contribution is 2.13. The number of anilines is 1. The van der Waals surface area contributed by atoms with E-state index in [2.05, 4.69) is 0 Å². The molecule has 1 N–H and O–H groups in total. The van der Waals surface area contributed by atoms with Gasteiger partial charge in [0, 0.05) is 11.0 Å². The molecule has 0 aliphatic heterocycles. The molecule has 0 unspecified atom stereocenters. The maximum absolute atomic E-state index is 11.6. The van der Waals surface area contributed by atoms with Gasteiger partial charge in [0.15, 0.2) is 0 Å². The van der Waals surface area contributed by atoms with Gasteiger partial charge in [-0.15, -0.1) is 11.3 Å². The third-order valence-corrected chi connectivity index (χ3v) is 2.98. The minimum absolute atomic E-state index is 0.452. The van der Waals surface area contributed by atoms with E-state index >= 15 is 0 Å². The van der Waals surface area contributed by atoms with E-state index in [1.54, 1.807) is 30.3 Å². The zero-order valence-corrected chi connectivity index (χ0v) is 9.80. The van der Waals surface area contributed by atoms with Crippen molar-refractivity contribution in [3.05, 3.63) is 58.8 Å². The highest BCUT2D eigenvalue weighted by molar-refractivity contribution is 7.10. The topological polar surface area (TPSA) is 40.5 Å². The molecule has 0 radical (unpaired) electrons. The van der Waals surface area contributed by atoms with Crippen molar-refractivity contribution in [3.8, 4) is 0 Å². The Morgan fingerprint density at radius 1 is 1.18 bits per heavy atom. The van der Waals surface area contributed by atoms with E-state index < -0.39 is 5.91 Å². The number of amides is 1. The second kappa shape index (κ2) is 5.43. The van der Waals surface area contributed by atoms with Crippen molar-refractivity contribution in [1.82, 2.24) is 0 Å². The zero-order chi connectivity index (χ0) is 12.1. The Labute approximate surface area is 103 Å². The second-order valence-electron chi connectivity index (χ2n) is 3.33. The van der Waals surface area contributed by atoms with Gasteiger partial charge in [0.05, 0.1) is 5.69 Å². The summed E-state index contributed by atoms with van der Waals surface area (Å²) in [6.45, 7) is 0. The molecule has 0 aliphatic carbocycles. The van der Waals surface area contributed by atoms with Gasteiger partial charge in [-0.1, -0.05) is 24.3 Å². The molecule has 86 valence electrons. The molecule has 0 spiro atoms. The lowest BCUT2D eigenvalue weighted by Crippen LogP contribution is -2.24. The minimum atomic E-state index is -0.468. The Bertz CT molecular complexity index is 505. The minimum Gasteiger partial charge on any atom is -0.281 e. The SMILES string of the molecule is O=C(/C=C/c1cccs1)N(O)c1ccccc1. The number of thiophene rings is 1. The van der Waals surface area contributed by atoms with Crippen molar-refractivity contribution in [1.29, 1.82) is 0 Å². The lowest BCUT2D eigenvalue weighted by Gasteiger charge is -2.11. The summed E-state index contributed by atoms with van der Waals surface area (Å²) in [6.07, 6.45) is 3.03. The molecule has 2 aromatic rings. The number of carbonyl (C=O) groups is 1. The van der Waals surface area contributed by atoms with Gasteiger partial charge in [-0.3, -0.25) is 10.0 Å². The maximum atomic E-state index is 11.6. The molecular weight excluding hydrogens is 234 g/mol. The average Bonchev–Trinajstić information content (AvgIpc) is 2.89. The van der Waals surface area contributed by atoms with Gasteiger partial charge < -0.3 is 0 Å². The van der Waals surface area contributed by atoms with E-state index in [0.29, 0.717) is 10.8 Å². The van der Waals surface area contributed by atoms with Gasteiger partial charge >= 0.3 is 0 Å². The van der Waals surface area contributed by atoms with Crippen LogP contribution in [0.5, 0.6) is 0 Å². The van der Waals surface area contributed by atoms with Crippen molar-refractivity contribution >= 4 is 29.0 Å². The molecule has 0 fully saturated rings. The normalized spacial score (nSPS) is 10.6. The number of hydrogen-bond acceptors (Lipinski definition) is 3. The Balaban J connectivity index is 2.06. The maximum Gasteiger partial charge on any atom is 0.274 e. The summed E-state index contributed by atoms with van der Waals surface area (Å²) in [4.78, 5) is 12.6. The van der Waals surface area contributed by atoms with E-state index in [-0.39, 0.29) is 0 Å². The molecule has 1 amide bonds. The molecule has 1 heterocycles. The van der Waals surface area contributed by atoms with Crippen molar-refractivity contribution in [2.24, 2.45) is 0 Å². The van der Waals surface area contributed by atoms with Crippen LogP contribution in [-0.2, 0) is 4.79 Å². The summed E-state index contributed by atoms with van der Waals surface area (Å²) in [5.74, 6) is -0.468. The predicted molar refractivity (Wildman–Crippen MR) is 69.1 cm³/mol. The average molecular weight is 245 g/mol. The van der Waals surface area contributed by atoms with Crippen LogP contribution in [0.1, 0.15) is 4.88 Å². The fourth-order valence-corrected chi connectivity index (χ4v) is 1.92. The quantitative estimate of drug-likeness (QED) is 0.512. The van der Waals surface area contributed by atoms with Crippen LogP contribution in [0.25, 0.3) is 6.08 Å². The molecule has 17 heavy (non-hydrogen) atoms. The van der Waals surface area contributed by atoms with E-state index in [9.17, 15) is 10.0 Å². The molecular formula is C13H11NO2S. The number of hydroxylamine groups is 1. The number of carbonyl (C=O) groups excluding carboxylic acids is 1. The summed E-state index contributed by atoms with van der Waals surface area (Å²) in [5.41, 5.74) is 0.452. The second-order valence-corrected chi connectivity index (χ2v) is 4.31. The van der Waals surface area contributed by atoms with Gasteiger partial charge in [-0.2, -0.15) is 5.06 Å². The lowest BCUT2D eigenvalue weighted by molar-refractivity contribution is -0.118. The molecule has 2 rings (SSSR count). The molecule has 0 atom stereocenters. The summed E-state index contributed by atoms with van der Waals surface area (Å²) in [6, 6.07) is 12.5. The number of rotatable bonds is 3. The Hall–Kier alpha value is -1.91. The van der Waals surface area contributed by atoms with Crippen LogP contribution in [0, 0.1) is 0 Å². The van der Waals surface area contributed by atoms with Gasteiger partial charge in [0.25, 0.3) is 5.91 Å². The van der Waals surface area contributed by atoms with Crippen LogP contribution >= 0.6 is 11.3 Å². The first-order valence-electron chi connectivity index (χ1n) is 5.07. The highest BCUT2D eigenvalue weighted by atomic mass is 32.1. The van der Waals surface area contributed by atoms with Crippen molar-refractivity contribution in [3.63, 3.8) is 0 Å². The van der Waals surface area contributed by atoms with Crippen LogP contribution in [0.2, 0.25) is 0 Å². The molecule has 1 aromatic heterocycles. The molecule has 1 aromatic carbocycles. The summed E-state index contributed by atoms with van der Waals surface area (Å²) in [7, 11) is 0. The van der Waals surface area contributed by atoms with Crippen molar-refractivity contribution in [2.45, 2.75) is 0 Å². The molecule has 3 nitrogen and oxygen atoms in total. The van der Waals surface area contributed by atoms with Crippen LogP contribution < -0.4 is 5.06 Å². The fraction of sp³-hybridized carbons (Fsp3) is 0. The highest BCUT2D eigenvalue weighted by Gasteiger charge is 2.08. The lowest BCUT2D eigenvalue weighted by atomic mass is 10.3. The third kappa shape index (κ3) is 3.03. The standard InChI is InChI=1S/C13H11NO2S/c15-13(9-8-12-7-4-10-17-12)14(16)11-5-2-1-3-6-11/h1-10,16H/b9-8+. The molecule has 4 heteroatoms. The van der Waals surface area contributed by atoms with Gasteiger partial charge in [0.2, 0.25) is 0 Å². The van der Waals surface area contributed by atoms with E-state index in [4.69, 9.17) is 0 Å². The van der Waals surface area contributed by atoms with Crippen molar-refractivity contribution < 1.29 is 10.0 Å². The number of nitrogens with zero attached hydrogens (tertiary/aromatic N) is 1. The first kappa shape index (κ1) is 11.6. The first-order chi connectivity index (χ1) is 8.27. The number of hydrogen-bond donors (Lipinski definition) is 1. The number of benzene rings is 1. The fourth-order valence-electron chi connectivity index (χ4n) is 1.31. The van der Waals surface area contributed by atoms with E-state index in [0.717, 1.165) is 4.88 Å². The van der Waals surface area contributed by atoms with E-state index in [1.165, 1.54) is 17.4 Å². The molecule has 0 saturated carbocycles. The van der Waals surface area contributed by atoms with Crippen LogP contribution in [0.4, 0.5) is 5.69 Å². The molecule has 0 saturated heterocycles. The summed E-state index contributed by atoms with van der Waals surface area (Å²) < 4.78 is 0. The predicted octanol–water partition coefficient (Wildman–Crippen LogP) is 3.18. The van der Waals surface area contributed by atoms with Crippen LogP contribution in [0.15, 0.2) is 53.9 Å². The molecule has 0 aliphatic rings. The summed E-state index contributed by atoms with van der Waals surface area (Å²) >= 11 is 1.53. The molecule has 0 bridgehead atoms. The third-order valence-electron chi connectivity index (χ3n) is 2.14. The first-order valence-corrected chi connectivity index (χ1v) is 5.95. The van der Waals surface area contributed by atoms with Crippen molar-refractivity contribution in [2.75, 3.05) is 5.06 Å².